The summed E-state index contributed by atoms with van der Waals surface area (Å²) in [5, 5.41) is 6.17. The number of hydrogen-bond donors (Lipinski definition) is 2. The molecule has 0 atom stereocenters. The minimum absolute atomic E-state index is 0.125. The van der Waals surface area contributed by atoms with Crippen molar-refractivity contribution in [2.45, 2.75) is 13.0 Å². The Morgan fingerprint density at radius 3 is 3.06 bits per heavy atom. The van der Waals surface area contributed by atoms with E-state index < -0.39 is 5.82 Å². The molecule has 0 aliphatic carbocycles. The van der Waals surface area contributed by atoms with E-state index in [4.69, 9.17) is 10.3 Å². The van der Waals surface area contributed by atoms with Crippen LogP contribution >= 0.6 is 0 Å². The SMILES string of the molecule is NCc1nc(-c2cc(F)c3c(c2)CC(=O)N3)no1. The summed E-state index contributed by atoms with van der Waals surface area (Å²) in [5.74, 6) is -0.194. The van der Waals surface area contributed by atoms with Crippen LogP contribution < -0.4 is 11.1 Å². The van der Waals surface area contributed by atoms with Crippen LogP contribution in [0, 0.1) is 5.82 Å². The highest BCUT2D eigenvalue weighted by molar-refractivity contribution is 5.99. The van der Waals surface area contributed by atoms with Crippen LogP contribution in [0.3, 0.4) is 0 Å². The minimum atomic E-state index is -0.507. The zero-order valence-electron chi connectivity index (χ0n) is 9.24. The van der Waals surface area contributed by atoms with Crippen LogP contribution in [0.15, 0.2) is 16.7 Å². The topological polar surface area (TPSA) is 94.0 Å². The van der Waals surface area contributed by atoms with Gasteiger partial charge in [-0.05, 0) is 17.7 Å². The first-order chi connectivity index (χ1) is 8.67. The summed E-state index contributed by atoms with van der Waals surface area (Å²) in [5.41, 5.74) is 6.64. The molecule has 1 aromatic heterocycles. The molecule has 3 rings (SSSR count). The summed E-state index contributed by atoms with van der Waals surface area (Å²) < 4.78 is 18.6. The fraction of sp³-hybridized carbons (Fsp3) is 0.182. The molecule has 0 unspecified atom stereocenters. The van der Waals surface area contributed by atoms with E-state index in [0.29, 0.717) is 11.1 Å². The van der Waals surface area contributed by atoms with Crippen molar-refractivity contribution in [2.24, 2.45) is 5.73 Å². The molecular formula is C11H9FN4O2. The predicted molar refractivity (Wildman–Crippen MR) is 59.9 cm³/mol. The molecule has 0 spiro atoms. The van der Waals surface area contributed by atoms with E-state index in [1.54, 1.807) is 6.07 Å². The highest BCUT2D eigenvalue weighted by atomic mass is 19.1. The first kappa shape index (κ1) is 10.8. The predicted octanol–water partition coefficient (Wildman–Crippen LogP) is 0.829. The summed E-state index contributed by atoms with van der Waals surface area (Å²) in [7, 11) is 0. The molecule has 18 heavy (non-hydrogen) atoms. The van der Waals surface area contributed by atoms with Crippen molar-refractivity contribution in [3.63, 3.8) is 0 Å². The lowest BCUT2D eigenvalue weighted by molar-refractivity contribution is -0.115. The largest absolute Gasteiger partial charge is 0.338 e. The first-order valence-corrected chi connectivity index (χ1v) is 5.32. The van der Waals surface area contributed by atoms with E-state index in [-0.39, 0.29) is 36.3 Å². The number of nitrogens with zero attached hydrogens (tertiary/aromatic N) is 2. The molecule has 1 aliphatic heterocycles. The van der Waals surface area contributed by atoms with E-state index in [2.05, 4.69) is 15.5 Å². The van der Waals surface area contributed by atoms with Crippen LogP contribution in [0.4, 0.5) is 10.1 Å². The molecule has 0 saturated heterocycles. The average Bonchev–Trinajstić information content (AvgIpc) is 2.94. The number of carbonyl (C=O) groups excluding carboxylic acids is 1. The standard InChI is InChI=1S/C11H9FN4O2/c12-7-2-6(11-15-9(4-13)18-16-11)1-5-3-8(17)14-10(5)7/h1-2H,3-4,13H2,(H,14,17). The zero-order chi connectivity index (χ0) is 12.7. The molecule has 92 valence electrons. The number of fused-ring (bicyclic) bond motifs is 1. The Hall–Kier alpha value is -2.28. The number of anilines is 1. The molecule has 6 nitrogen and oxygen atoms in total. The Bertz CT molecular complexity index is 638. The van der Waals surface area contributed by atoms with Gasteiger partial charge in [-0.25, -0.2) is 4.39 Å². The second-order valence-corrected chi connectivity index (χ2v) is 3.93. The minimum Gasteiger partial charge on any atom is -0.338 e. The molecule has 1 amide bonds. The Kier molecular flexibility index (Phi) is 2.34. The number of halogens is 1. The summed E-state index contributed by atoms with van der Waals surface area (Å²) in [6.07, 6.45) is 0.154. The molecule has 2 aromatic rings. The van der Waals surface area contributed by atoms with Crippen LogP contribution in [-0.4, -0.2) is 16.0 Å². The lowest BCUT2D eigenvalue weighted by Gasteiger charge is -2.02. The van der Waals surface area contributed by atoms with Gasteiger partial charge in [0, 0.05) is 5.56 Å². The second kappa shape index (κ2) is 3.88. The van der Waals surface area contributed by atoms with E-state index in [1.165, 1.54) is 6.07 Å². The van der Waals surface area contributed by atoms with Crippen LogP contribution in [-0.2, 0) is 17.8 Å². The summed E-state index contributed by atoms with van der Waals surface area (Å²) >= 11 is 0. The van der Waals surface area contributed by atoms with Crippen LogP contribution in [0.2, 0.25) is 0 Å². The first-order valence-electron chi connectivity index (χ1n) is 5.32. The molecule has 0 bridgehead atoms. The van der Waals surface area contributed by atoms with Crippen molar-refractivity contribution in [3.8, 4) is 11.4 Å². The van der Waals surface area contributed by atoms with Gasteiger partial charge in [0.15, 0.2) is 0 Å². The molecule has 0 radical (unpaired) electrons. The molecule has 2 heterocycles. The second-order valence-electron chi connectivity index (χ2n) is 3.93. The maximum absolute atomic E-state index is 13.8. The number of carbonyl (C=O) groups is 1. The number of amides is 1. The fourth-order valence-electron chi connectivity index (χ4n) is 1.88. The Balaban J connectivity index is 2.07. The van der Waals surface area contributed by atoms with Crippen molar-refractivity contribution in [3.05, 3.63) is 29.4 Å². The smallest absolute Gasteiger partial charge is 0.240 e. The number of nitrogens with two attached hydrogens (primary N) is 1. The van der Waals surface area contributed by atoms with Crippen molar-refractivity contribution in [2.75, 3.05) is 5.32 Å². The summed E-state index contributed by atoms with van der Waals surface area (Å²) in [6.45, 7) is 0.125. The van der Waals surface area contributed by atoms with E-state index in [9.17, 15) is 9.18 Å². The Morgan fingerprint density at radius 2 is 2.33 bits per heavy atom. The van der Waals surface area contributed by atoms with Crippen molar-refractivity contribution < 1.29 is 13.7 Å². The Labute approximate surface area is 101 Å². The van der Waals surface area contributed by atoms with Gasteiger partial charge in [-0.1, -0.05) is 5.16 Å². The molecule has 0 fully saturated rings. The fourth-order valence-corrected chi connectivity index (χ4v) is 1.88. The van der Waals surface area contributed by atoms with Gasteiger partial charge in [-0.2, -0.15) is 4.98 Å². The third kappa shape index (κ3) is 1.65. The zero-order valence-corrected chi connectivity index (χ0v) is 9.24. The Morgan fingerprint density at radius 1 is 1.50 bits per heavy atom. The van der Waals surface area contributed by atoms with E-state index >= 15 is 0 Å². The van der Waals surface area contributed by atoms with Gasteiger partial charge in [0.05, 0.1) is 18.7 Å². The number of rotatable bonds is 2. The molecular weight excluding hydrogens is 239 g/mol. The number of nitrogens with one attached hydrogen (secondary N) is 1. The lowest BCUT2D eigenvalue weighted by atomic mass is 10.1. The van der Waals surface area contributed by atoms with Crippen LogP contribution in [0.5, 0.6) is 0 Å². The molecule has 1 aliphatic rings. The van der Waals surface area contributed by atoms with Gasteiger partial charge < -0.3 is 15.6 Å². The number of aromatic nitrogens is 2. The number of hydrogen-bond acceptors (Lipinski definition) is 5. The van der Waals surface area contributed by atoms with Crippen molar-refractivity contribution >= 4 is 11.6 Å². The highest BCUT2D eigenvalue weighted by Crippen LogP contribution is 2.30. The highest BCUT2D eigenvalue weighted by Gasteiger charge is 2.23. The van der Waals surface area contributed by atoms with Crippen LogP contribution in [0.25, 0.3) is 11.4 Å². The van der Waals surface area contributed by atoms with Crippen molar-refractivity contribution in [1.82, 2.24) is 10.1 Å². The van der Waals surface area contributed by atoms with Crippen LogP contribution in [0.1, 0.15) is 11.5 Å². The molecule has 1 aromatic carbocycles. The van der Waals surface area contributed by atoms with Gasteiger partial charge in [0.2, 0.25) is 17.6 Å². The van der Waals surface area contributed by atoms with E-state index in [1.807, 2.05) is 0 Å². The lowest BCUT2D eigenvalue weighted by Crippen LogP contribution is -2.04. The van der Waals surface area contributed by atoms with E-state index in [0.717, 1.165) is 0 Å². The summed E-state index contributed by atoms with van der Waals surface area (Å²) in [4.78, 5) is 15.2. The average molecular weight is 248 g/mol. The van der Waals surface area contributed by atoms with Crippen molar-refractivity contribution in [1.29, 1.82) is 0 Å². The monoisotopic (exact) mass is 248 g/mol. The van der Waals surface area contributed by atoms with Gasteiger partial charge in [-0.3, -0.25) is 4.79 Å². The molecule has 3 N–H and O–H groups in total. The third-order valence-electron chi connectivity index (χ3n) is 2.69. The summed E-state index contributed by atoms with van der Waals surface area (Å²) in [6, 6.07) is 2.93. The normalized spacial score (nSPS) is 13.6. The maximum atomic E-state index is 13.8. The van der Waals surface area contributed by atoms with Gasteiger partial charge in [-0.15, -0.1) is 0 Å². The number of benzene rings is 1. The van der Waals surface area contributed by atoms with Gasteiger partial charge in [0.1, 0.15) is 5.82 Å². The van der Waals surface area contributed by atoms with Gasteiger partial charge in [0.25, 0.3) is 0 Å². The quantitative estimate of drug-likeness (QED) is 0.820. The molecule has 0 saturated carbocycles. The third-order valence-corrected chi connectivity index (χ3v) is 2.69. The maximum Gasteiger partial charge on any atom is 0.240 e. The van der Waals surface area contributed by atoms with Gasteiger partial charge >= 0.3 is 0 Å². The molecule has 7 heteroatoms.